The van der Waals surface area contributed by atoms with Gasteiger partial charge in [-0.1, -0.05) is 23.4 Å². The molecule has 0 radical (unpaired) electrons. The van der Waals surface area contributed by atoms with Gasteiger partial charge < -0.3 is 14.4 Å². The molecule has 2 heterocycles. The number of carbonyl (C=O) groups excluding carboxylic acids is 2. The van der Waals surface area contributed by atoms with E-state index in [-0.39, 0.29) is 18.0 Å². The van der Waals surface area contributed by atoms with Crippen molar-refractivity contribution in [3.8, 4) is 0 Å². The van der Waals surface area contributed by atoms with Crippen molar-refractivity contribution in [2.75, 3.05) is 19.5 Å². The van der Waals surface area contributed by atoms with Gasteiger partial charge in [-0.05, 0) is 33.1 Å². The molecule has 0 N–H and O–H groups in total. The second kappa shape index (κ2) is 7.97. The lowest BCUT2D eigenvalue weighted by Gasteiger charge is -2.40. The lowest BCUT2D eigenvalue weighted by Crippen LogP contribution is -2.47. The Labute approximate surface area is 145 Å². The Morgan fingerprint density at radius 2 is 2.00 bits per heavy atom. The molecule has 0 aromatic rings. The minimum atomic E-state index is -0.407. The molecule has 0 amide bonds. The van der Waals surface area contributed by atoms with Gasteiger partial charge in [-0.25, -0.2) is 4.79 Å². The number of allylic oxidation sites excluding steroid dienone is 2. The maximum atomic E-state index is 12.4. The molecule has 0 aliphatic carbocycles. The van der Waals surface area contributed by atoms with Crippen molar-refractivity contribution >= 4 is 35.5 Å². The van der Waals surface area contributed by atoms with Crippen LogP contribution in [0.2, 0.25) is 0 Å². The van der Waals surface area contributed by atoms with E-state index in [4.69, 9.17) is 9.47 Å². The largest absolute Gasteiger partial charge is 0.465 e. The third-order valence-corrected chi connectivity index (χ3v) is 5.91. The summed E-state index contributed by atoms with van der Waals surface area (Å²) in [5.41, 5.74) is 1.55. The molecule has 0 unspecified atom stereocenters. The van der Waals surface area contributed by atoms with E-state index in [1.165, 1.54) is 23.5 Å². The van der Waals surface area contributed by atoms with Crippen molar-refractivity contribution < 1.29 is 19.1 Å². The molecule has 0 fully saturated rings. The van der Waals surface area contributed by atoms with Gasteiger partial charge in [-0.2, -0.15) is 0 Å². The van der Waals surface area contributed by atoms with E-state index >= 15 is 0 Å². The number of hydrogen-bond acceptors (Lipinski definition) is 7. The van der Waals surface area contributed by atoms with Crippen LogP contribution in [0.3, 0.4) is 0 Å². The third kappa shape index (κ3) is 3.77. The Kier molecular flexibility index (Phi) is 6.24. The van der Waals surface area contributed by atoms with Crippen LogP contribution >= 0.6 is 23.5 Å². The Morgan fingerprint density at radius 1 is 1.30 bits per heavy atom. The highest BCUT2D eigenvalue weighted by Crippen LogP contribution is 2.44. The molecule has 23 heavy (non-hydrogen) atoms. The summed E-state index contributed by atoms with van der Waals surface area (Å²) in [6, 6.07) is -0.251. The molecule has 0 aromatic carbocycles. The van der Waals surface area contributed by atoms with Crippen LogP contribution in [0.1, 0.15) is 20.8 Å². The van der Waals surface area contributed by atoms with Crippen LogP contribution in [0.15, 0.2) is 33.9 Å². The Bertz CT molecular complexity index is 583. The van der Waals surface area contributed by atoms with Gasteiger partial charge in [0.25, 0.3) is 0 Å². The fourth-order valence-electron chi connectivity index (χ4n) is 2.45. The van der Waals surface area contributed by atoms with Gasteiger partial charge in [-0.3, -0.25) is 4.79 Å². The van der Waals surface area contributed by atoms with Gasteiger partial charge in [0.15, 0.2) is 0 Å². The SMILES string of the molecule is CCOC(=O)C1=C(SC)S[C@H](C(=O)OCC)[C@@H]2C=C(C)C=CN12. The first-order chi connectivity index (χ1) is 11.0. The van der Waals surface area contributed by atoms with E-state index in [0.29, 0.717) is 18.9 Å². The van der Waals surface area contributed by atoms with Crippen molar-refractivity contribution in [1.29, 1.82) is 0 Å². The van der Waals surface area contributed by atoms with Gasteiger partial charge in [0.05, 0.1) is 23.5 Å². The summed E-state index contributed by atoms with van der Waals surface area (Å²) in [5.74, 6) is -0.629. The predicted molar refractivity (Wildman–Crippen MR) is 93.7 cm³/mol. The molecular formula is C16H21NO4S2. The molecule has 0 saturated carbocycles. The number of rotatable bonds is 5. The molecule has 0 spiro atoms. The van der Waals surface area contributed by atoms with Gasteiger partial charge in [0.1, 0.15) is 10.9 Å². The van der Waals surface area contributed by atoms with E-state index in [2.05, 4.69) is 0 Å². The third-order valence-electron chi connectivity index (χ3n) is 3.42. The maximum Gasteiger partial charge on any atom is 0.356 e. The molecule has 5 nitrogen and oxygen atoms in total. The summed E-state index contributed by atoms with van der Waals surface area (Å²) >= 11 is 2.82. The second-order valence-corrected chi connectivity index (χ2v) is 7.20. The minimum Gasteiger partial charge on any atom is -0.465 e. The zero-order valence-corrected chi connectivity index (χ0v) is 15.3. The minimum absolute atomic E-state index is 0.251. The standard InChI is InChI=1S/C16H21NO4S2/c1-5-20-14(18)12-16(22-4)23-13(15(19)21-6-2)11-9-10(3)7-8-17(11)12/h7-9,11,13H,5-6H2,1-4H3/t11-,13-/m0/s1. The van der Waals surface area contributed by atoms with Crippen LogP contribution in [-0.2, 0) is 19.1 Å². The summed E-state index contributed by atoms with van der Waals surface area (Å²) in [6.45, 7) is 6.19. The molecule has 2 rings (SSSR count). The number of thioether (sulfide) groups is 2. The monoisotopic (exact) mass is 355 g/mol. The quantitative estimate of drug-likeness (QED) is 0.703. The first-order valence-corrected chi connectivity index (χ1v) is 9.57. The number of fused-ring (bicyclic) bond motifs is 1. The van der Waals surface area contributed by atoms with Crippen LogP contribution < -0.4 is 0 Å². The summed E-state index contributed by atoms with van der Waals surface area (Å²) in [5, 5.41) is -0.407. The fraction of sp³-hybridized carbons (Fsp3) is 0.500. The number of carbonyl (C=O) groups is 2. The maximum absolute atomic E-state index is 12.4. The first kappa shape index (κ1) is 18.0. The van der Waals surface area contributed by atoms with Gasteiger partial charge in [-0.15, -0.1) is 11.8 Å². The van der Waals surface area contributed by atoms with Crippen LogP contribution in [0.25, 0.3) is 0 Å². The van der Waals surface area contributed by atoms with Crippen molar-refractivity contribution in [3.05, 3.63) is 33.9 Å². The van der Waals surface area contributed by atoms with Crippen LogP contribution in [0, 0.1) is 0 Å². The van der Waals surface area contributed by atoms with Crippen molar-refractivity contribution in [3.63, 3.8) is 0 Å². The molecule has 2 aliphatic rings. The molecule has 7 heteroatoms. The number of hydrogen-bond donors (Lipinski definition) is 0. The Balaban J connectivity index is 2.44. The molecule has 0 aromatic heterocycles. The predicted octanol–water partition coefficient (Wildman–Crippen LogP) is 2.90. The molecular weight excluding hydrogens is 334 g/mol. The normalized spacial score (nSPS) is 23.3. The number of esters is 2. The zero-order valence-electron chi connectivity index (χ0n) is 13.7. The van der Waals surface area contributed by atoms with Crippen LogP contribution in [0.5, 0.6) is 0 Å². The average molecular weight is 355 g/mol. The highest BCUT2D eigenvalue weighted by Gasteiger charge is 2.43. The lowest BCUT2D eigenvalue weighted by atomic mass is 10.0. The van der Waals surface area contributed by atoms with Crippen molar-refractivity contribution in [2.45, 2.75) is 32.1 Å². The van der Waals surface area contributed by atoms with E-state index in [1.807, 2.05) is 36.4 Å². The Hall–Kier alpha value is -1.34. The van der Waals surface area contributed by atoms with Crippen molar-refractivity contribution in [1.82, 2.24) is 4.90 Å². The topological polar surface area (TPSA) is 55.8 Å². The van der Waals surface area contributed by atoms with Gasteiger partial charge >= 0.3 is 11.9 Å². The number of nitrogens with zero attached hydrogens (tertiary/aromatic N) is 1. The summed E-state index contributed by atoms with van der Waals surface area (Å²) in [7, 11) is 0. The summed E-state index contributed by atoms with van der Waals surface area (Å²) < 4.78 is 11.2. The van der Waals surface area contributed by atoms with Crippen LogP contribution in [0.4, 0.5) is 0 Å². The first-order valence-electron chi connectivity index (χ1n) is 7.47. The van der Waals surface area contributed by atoms with Crippen LogP contribution in [-0.4, -0.2) is 47.6 Å². The number of ether oxygens (including phenoxy) is 2. The van der Waals surface area contributed by atoms with Gasteiger partial charge in [0, 0.05) is 6.20 Å². The highest BCUT2D eigenvalue weighted by atomic mass is 32.2. The molecule has 126 valence electrons. The molecule has 0 bridgehead atoms. The fourth-order valence-corrected chi connectivity index (χ4v) is 4.57. The van der Waals surface area contributed by atoms with E-state index in [0.717, 1.165) is 9.81 Å². The van der Waals surface area contributed by atoms with E-state index < -0.39 is 5.25 Å². The smallest absolute Gasteiger partial charge is 0.356 e. The molecule has 0 saturated heterocycles. The van der Waals surface area contributed by atoms with Gasteiger partial charge in [0.2, 0.25) is 0 Å². The molecule has 2 atom stereocenters. The summed E-state index contributed by atoms with van der Waals surface area (Å²) in [4.78, 5) is 26.6. The van der Waals surface area contributed by atoms with Crippen molar-refractivity contribution in [2.24, 2.45) is 0 Å². The summed E-state index contributed by atoms with van der Waals surface area (Å²) in [6.07, 6.45) is 7.64. The highest BCUT2D eigenvalue weighted by molar-refractivity contribution is 8.22. The van der Waals surface area contributed by atoms with E-state index in [9.17, 15) is 9.59 Å². The average Bonchev–Trinajstić information content (AvgIpc) is 2.53. The van der Waals surface area contributed by atoms with E-state index in [1.54, 1.807) is 13.8 Å². The second-order valence-electron chi connectivity index (χ2n) is 4.98. The zero-order chi connectivity index (χ0) is 17.0. The lowest BCUT2D eigenvalue weighted by molar-refractivity contribution is -0.144. The Morgan fingerprint density at radius 3 is 2.61 bits per heavy atom. The molecule has 2 aliphatic heterocycles.